The second-order valence-corrected chi connectivity index (χ2v) is 4.34. The van der Waals surface area contributed by atoms with E-state index in [1.165, 1.54) is 12.4 Å². The van der Waals surface area contributed by atoms with Crippen LogP contribution in [0.4, 0.5) is 0 Å². The third-order valence-electron chi connectivity index (χ3n) is 3.16. The molecule has 0 saturated carbocycles. The van der Waals surface area contributed by atoms with E-state index in [0.717, 1.165) is 12.8 Å². The van der Waals surface area contributed by atoms with Gasteiger partial charge < -0.3 is 14.7 Å². The Hall–Kier alpha value is -1.62. The van der Waals surface area contributed by atoms with Crippen molar-refractivity contribution >= 4 is 5.91 Å². The van der Waals surface area contributed by atoms with Crippen molar-refractivity contribution in [2.45, 2.75) is 25.9 Å². The Morgan fingerprint density at radius 3 is 2.89 bits per heavy atom. The highest BCUT2D eigenvalue weighted by molar-refractivity contribution is 5.96. The van der Waals surface area contributed by atoms with Gasteiger partial charge in [-0.15, -0.1) is 0 Å². The summed E-state index contributed by atoms with van der Waals surface area (Å²) in [5.74, 6) is -0.195. The van der Waals surface area contributed by atoms with Crippen molar-refractivity contribution in [3.05, 3.63) is 24.0 Å². The van der Waals surface area contributed by atoms with Crippen molar-refractivity contribution in [2.24, 2.45) is 0 Å². The van der Waals surface area contributed by atoms with Gasteiger partial charge in [-0.2, -0.15) is 0 Å². The summed E-state index contributed by atoms with van der Waals surface area (Å²) in [6, 6.07) is 1.55. The van der Waals surface area contributed by atoms with E-state index >= 15 is 0 Å². The molecular formula is C13H18N2O3. The summed E-state index contributed by atoms with van der Waals surface area (Å²) < 4.78 is 5.54. The van der Waals surface area contributed by atoms with Gasteiger partial charge in [0.25, 0.3) is 5.91 Å². The number of piperidine rings is 1. The first-order chi connectivity index (χ1) is 8.72. The van der Waals surface area contributed by atoms with Gasteiger partial charge >= 0.3 is 0 Å². The molecule has 1 N–H and O–H groups in total. The van der Waals surface area contributed by atoms with Crippen molar-refractivity contribution in [3.63, 3.8) is 0 Å². The fraction of sp³-hybridized carbons (Fsp3) is 0.538. The molecule has 5 heteroatoms. The Balaban J connectivity index is 1.98. The van der Waals surface area contributed by atoms with Gasteiger partial charge in [-0.25, -0.2) is 0 Å². The summed E-state index contributed by atoms with van der Waals surface area (Å²) in [5.41, 5.74) is 0.319. The van der Waals surface area contributed by atoms with Gasteiger partial charge in [0.1, 0.15) is 5.75 Å². The first-order valence-electron chi connectivity index (χ1n) is 6.26. The first kappa shape index (κ1) is 12.8. The number of carbonyl (C=O) groups excluding carboxylic acids is 1. The molecule has 1 aliphatic heterocycles. The molecule has 0 aromatic carbocycles. The highest BCUT2D eigenvalue weighted by Gasteiger charge is 2.25. The Morgan fingerprint density at radius 1 is 1.56 bits per heavy atom. The van der Waals surface area contributed by atoms with Crippen LogP contribution in [0.3, 0.4) is 0 Å². The molecule has 1 saturated heterocycles. The third kappa shape index (κ3) is 2.79. The zero-order valence-corrected chi connectivity index (χ0v) is 10.5. The van der Waals surface area contributed by atoms with Crippen molar-refractivity contribution in [1.82, 2.24) is 9.88 Å². The lowest BCUT2D eigenvalue weighted by Gasteiger charge is -2.31. The SMILES string of the molecule is CCOC1CCN(C(=O)c2ccncc2O)CC1. The zero-order chi connectivity index (χ0) is 13.0. The number of ether oxygens (including phenoxy) is 1. The third-order valence-corrected chi connectivity index (χ3v) is 3.16. The maximum atomic E-state index is 12.2. The number of aromatic nitrogens is 1. The fourth-order valence-corrected chi connectivity index (χ4v) is 2.20. The van der Waals surface area contributed by atoms with Crippen LogP contribution in [0.15, 0.2) is 18.5 Å². The average Bonchev–Trinajstić information content (AvgIpc) is 2.40. The number of carbonyl (C=O) groups is 1. The molecule has 2 heterocycles. The number of hydrogen-bond donors (Lipinski definition) is 1. The van der Waals surface area contributed by atoms with Crippen LogP contribution in [0.2, 0.25) is 0 Å². The van der Waals surface area contributed by atoms with E-state index in [-0.39, 0.29) is 17.8 Å². The minimum absolute atomic E-state index is 0.0607. The van der Waals surface area contributed by atoms with Crippen LogP contribution in [-0.4, -0.2) is 46.7 Å². The van der Waals surface area contributed by atoms with Crippen LogP contribution >= 0.6 is 0 Å². The number of likely N-dealkylation sites (tertiary alicyclic amines) is 1. The van der Waals surface area contributed by atoms with E-state index in [1.807, 2.05) is 6.92 Å². The molecule has 1 fully saturated rings. The predicted octanol–water partition coefficient (Wildman–Crippen LogP) is 1.43. The largest absolute Gasteiger partial charge is 0.505 e. The molecule has 0 unspecified atom stereocenters. The monoisotopic (exact) mass is 250 g/mol. The molecule has 0 radical (unpaired) electrons. The van der Waals surface area contributed by atoms with Crippen molar-refractivity contribution in [2.75, 3.05) is 19.7 Å². The number of aromatic hydroxyl groups is 1. The van der Waals surface area contributed by atoms with Gasteiger partial charge in [-0.05, 0) is 25.8 Å². The molecular weight excluding hydrogens is 232 g/mol. The lowest BCUT2D eigenvalue weighted by molar-refractivity contribution is 0.0145. The molecule has 5 nitrogen and oxygen atoms in total. The summed E-state index contributed by atoms with van der Waals surface area (Å²) in [7, 11) is 0. The predicted molar refractivity (Wildman–Crippen MR) is 66.5 cm³/mol. The quantitative estimate of drug-likeness (QED) is 0.881. The fourth-order valence-electron chi connectivity index (χ4n) is 2.20. The second kappa shape index (κ2) is 5.82. The molecule has 1 aromatic heterocycles. The molecule has 1 aliphatic rings. The van der Waals surface area contributed by atoms with E-state index < -0.39 is 0 Å². The van der Waals surface area contributed by atoms with Crippen LogP contribution in [0, 0.1) is 0 Å². The summed E-state index contributed by atoms with van der Waals surface area (Å²) in [4.78, 5) is 17.7. The molecule has 0 bridgehead atoms. The normalized spacial score (nSPS) is 16.8. The van der Waals surface area contributed by atoms with Gasteiger partial charge in [0, 0.05) is 25.9 Å². The Labute approximate surface area is 106 Å². The molecule has 0 aliphatic carbocycles. The first-order valence-corrected chi connectivity index (χ1v) is 6.26. The van der Waals surface area contributed by atoms with E-state index in [9.17, 15) is 9.90 Å². The molecule has 18 heavy (non-hydrogen) atoms. The van der Waals surface area contributed by atoms with Gasteiger partial charge in [0.05, 0.1) is 17.9 Å². The molecule has 0 spiro atoms. The van der Waals surface area contributed by atoms with Crippen molar-refractivity contribution in [3.8, 4) is 5.75 Å². The molecule has 1 amide bonds. The van der Waals surface area contributed by atoms with E-state index in [4.69, 9.17) is 4.74 Å². The van der Waals surface area contributed by atoms with E-state index in [2.05, 4.69) is 4.98 Å². The Bertz CT molecular complexity index is 414. The Kier molecular flexibility index (Phi) is 4.15. The maximum absolute atomic E-state index is 12.2. The number of pyridine rings is 1. The van der Waals surface area contributed by atoms with Crippen LogP contribution < -0.4 is 0 Å². The van der Waals surface area contributed by atoms with E-state index in [0.29, 0.717) is 25.3 Å². The highest BCUT2D eigenvalue weighted by Crippen LogP contribution is 2.20. The number of nitrogens with zero attached hydrogens (tertiary/aromatic N) is 2. The lowest BCUT2D eigenvalue weighted by Crippen LogP contribution is -2.40. The Morgan fingerprint density at radius 2 is 2.28 bits per heavy atom. The van der Waals surface area contributed by atoms with Crippen LogP contribution in [0.5, 0.6) is 5.75 Å². The topological polar surface area (TPSA) is 62.7 Å². The van der Waals surface area contributed by atoms with Gasteiger partial charge in [-0.1, -0.05) is 0 Å². The van der Waals surface area contributed by atoms with Gasteiger partial charge in [-0.3, -0.25) is 9.78 Å². The van der Waals surface area contributed by atoms with Crippen LogP contribution in [-0.2, 0) is 4.74 Å². The number of rotatable bonds is 3. The number of hydrogen-bond acceptors (Lipinski definition) is 4. The minimum Gasteiger partial charge on any atom is -0.505 e. The van der Waals surface area contributed by atoms with Crippen LogP contribution in [0.25, 0.3) is 0 Å². The van der Waals surface area contributed by atoms with Crippen molar-refractivity contribution in [1.29, 1.82) is 0 Å². The highest BCUT2D eigenvalue weighted by atomic mass is 16.5. The summed E-state index contributed by atoms with van der Waals surface area (Å²) >= 11 is 0. The average molecular weight is 250 g/mol. The standard InChI is InChI=1S/C13H18N2O3/c1-2-18-10-4-7-15(8-5-10)13(17)11-3-6-14-9-12(11)16/h3,6,9-10,16H,2,4-5,7-8H2,1H3. The van der Waals surface area contributed by atoms with Gasteiger partial charge in [0.2, 0.25) is 0 Å². The lowest BCUT2D eigenvalue weighted by atomic mass is 10.1. The van der Waals surface area contributed by atoms with Crippen LogP contribution in [0.1, 0.15) is 30.1 Å². The zero-order valence-electron chi connectivity index (χ0n) is 10.5. The maximum Gasteiger partial charge on any atom is 0.257 e. The molecule has 0 atom stereocenters. The van der Waals surface area contributed by atoms with Crippen molar-refractivity contribution < 1.29 is 14.6 Å². The van der Waals surface area contributed by atoms with Gasteiger partial charge in [0.15, 0.2) is 0 Å². The van der Waals surface area contributed by atoms with E-state index in [1.54, 1.807) is 11.0 Å². The number of amides is 1. The summed E-state index contributed by atoms with van der Waals surface area (Å²) in [5, 5.41) is 9.61. The molecule has 1 aromatic rings. The summed E-state index contributed by atoms with van der Waals surface area (Å²) in [6.07, 6.45) is 4.77. The molecule has 98 valence electrons. The second-order valence-electron chi connectivity index (χ2n) is 4.34. The summed E-state index contributed by atoms with van der Waals surface area (Å²) in [6.45, 7) is 4.03. The minimum atomic E-state index is -0.134. The molecule has 2 rings (SSSR count). The smallest absolute Gasteiger partial charge is 0.257 e.